The maximum absolute atomic E-state index is 13.1. The molecule has 0 unspecified atom stereocenters. The van der Waals surface area contributed by atoms with Gasteiger partial charge in [-0.05, 0) is 12.8 Å². The minimum atomic E-state index is -2.39. The molecule has 0 amide bonds. The topological polar surface area (TPSA) is 16.1 Å². The molecule has 0 atom stereocenters. The van der Waals surface area contributed by atoms with E-state index in [-0.39, 0.29) is 6.42 Å². The zero-order chi connectivity index (χ0) is 10.5. The van der Waals surface area contributed by atoms with Crippen LogP contribution in [0, 0.1) is 5.41 Å². The van der Waals surface area contributed by atoms with Crippen molar-refractivity contribution < 1.29 is 8.78 Å². The van der Waals surface area contributed by atoms with Crippen LogP contribution in [0.25, 0.3) is 0 Å². The largest absolute Gasteiger partial charge is 0.348 e. The van der Waals surface area contributed by atoms with Gasteiger partial charge in [0.15, 0.2) is 5.13 Å². The number of hydrogen-bond acceptors (Lipinski definition) is 3. The molecule has 5 heteroatoms. The second-order valence-corrected chi connectivity index (χ2v) is 5.34. The van der Waals surface area contributed by atoms with E-state index >= 15 is 0 Å². The van der Waals surface area contributed by atoms with Gasteiger partial charge in [0.1, 0.15) is 0 Å². The number of piperidine rings is 1. The minimum Gasteiger partial charge on any atom is -0.348 e. The van der Waals surface area contributed by atoms with Crippen molar-refractivity contribution in [1.29, 1.82) is 0 Å². The molecule has 0 radical (unpaired) electrons. The third-order valence-electron chi connectivity index (χ3n) is 3.62. The van der Waals surface area contributed by atoms with Gasteiger partial charge < -0.3 is 4.90 Å². The Hall–Kier alpha value is -0.710. The van der Waals surface area contributed by atoms with Crippen LogP contribution in [0.4, 0.5) is 13.9 Å². The van der Waals surface area contributed by atoms with Crippen LogP contribution >= 0.6 is 11.3 Å². The molecule has 2 heterocycles. The SMILES string of the molecule is FC1(F)CC12CCN(c1nccs1)CC2. The third kappa shape index (κ3) is 1.36. The van der Waals surface area contributed by atoms with Gasteiger partial charge in [0.05, 0.1) is 0 Å². The van der Waals surface area contributed by atoms with Gasteiger partial charge in [-0.15, -0.1) is 11.3 Å². The van der Waals surface area contributed by atoms with E-state index in [1.807, 2.05) is 5.38 Å². The molecule has 1 aromatic heterocycles. The highest BCUT2D eigenvalue weighted by Gasteiger charge is 2.70. The monoisotopic (exact) mass is 230 g/mol. The van der Waals surface area contributed by atoms with Crippen LogP contribution in [-0.4, -0.2) is 24.0 Å². The summed E-state index contributed by atoms with van der Waals surface area (Å²) in [6.45, 7) is 1.45. The van der Waals surface area contributed by atoms with Crippen LogP contribution in [0.3, 0.4) is 0 Å². The molecule has 1 saturated heterocycles. The maximum Gasteiger partial charge on any atom is 0.254 e. The summed E-state index contributed by atoms with van der Waals surface area (Å²) in [4.78, 5) is 6.32. The summed E-state index contributed by atoms with van der Waals surface area (Å²) in [7, 11) is 0. The zero-order valence-corrected chi connectivity index (χ0v) is 9.07. The molecule has 1 spiro atoms. The van der Waals surface area contributed by atoms with Gasteiger partial charge in [-0.25, -0.2) is 13.8 Å². The second-order valence-electron chi connectivity index (χ2n) is 4.46. The number of alkyl halides is 2. The van der Waals surface area contributed by atoms with Crippen molar-refractivity contribution >= 4 is 16.5 Å². The summed E-state index contributed by atoms with van der Waals surface area (Å²) >= 11 is 1.58. The molecule has 2 aliphatic rings. The molecule has 1 aliphatic heterocycles. The van der Waals surface area contributed by atoms with E-state index in [1.165, 1.54) is 0 Å². The molecule has 1 aliphatic carbocycles. The summed E-state index contributed by atoms with van der Waals surface area (Å²) in [5.74, 6) is -2.39. The highest BCUT2D eigenvalue weighted by atomic mass is 32.1. The lowest BCUT2D eigenvalue weighted by molar-refractivity contribution is 0.0537. The standard InChI is InChI=1S/C10H12F2N2S/c11-10(12)7-9(10)1-4-14(5-2-9)8-13-3-6-15-8/h3,6H,1-2,4-5,7H2. The van der Waals surface area contributed by atoms with E-state index in [1.54, 1.807) is 17.5 Å². The molecule has 0 aromatic carbocycles. The Balaban J connectivity index is 1.67. The predicted molar refractivity (Wildman–Crippen MR) is 55.6 cm³/mol. The lowest BCUT2D eigenvalue weighted by atomic mass is 9.93. The molecule has 0 N–H and O–H groups in total. The summed E-state index contributed by atoms with van der Waals surface area (Å²) in [6.07, 6.45) is 3.08. The van der Waals surface area contributed by atoms with Crippen LogP contribution in [-0.2, 0) is 0 Å². The first-order chi connectivity index (χ1) is 7.13. The Kier molecular flexibility index (Phi) is 1.84. The Bertz CT molecular complexity index is 356. The highest BCUT2D eigenvalue weighted by molar-refractivity contribution is 7.13. The zero-order valence-electron chi connectivity index (χ0n) is 8.25. The van der Waals surface area contributed by atoms with Crippen LogP contribution in [0.2, 0.25) is 0 Å². The normalized spacial score (nSPS) is 26.9. The van der Waals surface area contributed by atoms with Crippen molar-refractivity contribution in [2.24, 2.45) is 5.41 Å². The number of hydrogen-bond donors (Lipinski definition) is 0. The fraction of sp³-hybridized carbons (Fsp3) is 0.700. The Morgan fingerprint density at radius 3 is 2.47 bits per heavy atom. The summed E-state index contributed by atoms with van der Waals surface area (Å²) < 4.78 is 26.2. The van der Waals surface area contributed by atoms with Crippen molar-refractivity contribution in [2.75, 3.05) is 18.0 Å². The van der Waals surface area contributed by atoms with Gasteiger partial charge in [-0.1, -0.05) is 0 Å². The van der Waals surface area contributed by atoms with Gasteiger partial charge in [0.2, 0.25) is 0 Å². The van der Waals surface area contributed by atoms with E-state index in [0.717, 1.165) is 18.2 Å². The van der Waals surface area contributed by atoms with Crippen LogP contribution in [0.5, 0.6) is 0 Å². The van der Waals surface area contributed by atoms with Crippen LogP contribution in [0.15, 0.2) is 11.6 Å². The lowest BCUT2D eigenvalue weighted by Crippen LogP contribution is -2.36. The van der Waals surface area contributed by atoms with E-state index in [2.05, 4.69) is 9.88 Å². The maximum atomic E-state index is 13.1. The molecule has 0 bridgehead atoms. The summed E-state index contributed by atoms with van der Waals surface area (Å²) in [5.41, 5.74) is -0.652. The molecule has 82 valence electrons. The number of thiazole rings is 1. The summed E-state index contributed by atoms with van der Waals surface area (Å²) in [5, 5.41) is 2.89. The van der Waals surface area contributed by atoms with Crippen molar-refractivity contribution in [1.82, 2.24) is 4.98 Å². The first-order valence-corrected chi connectivity index (χ1v) is 6.03. The molecular weight excluding hydrogens is 218 g/mol. The minimum absolute atomic E-state index is 0.103. The first-order valence-electron chi connectivity index (χ1n) is 5.15. The second kappa shape index (κ2) is 2.90. The number of rotatable bonds is 1. The Morgan fingerprint density at radius 2 is 2.00 bits per heavy atom. The summed E-state index contributed by atoms with van der Waals surface area (Å²) in [6, 6.07) is 0. The van der Waals surface area contributed by atoms with E-state index < -0.39 is 11.3 Å². The molecule has 15 heavy (non-hydrogen) atoms. The number of nitrogens with zero attached hydrogens (tertiary/aromatic N) is 2. The van der Waals surface area contributed by atoms with Gasteiger partial charge in [-0.3, -0.25) is 0 Å². The average molecular weight is 230 g/mol. The van der Waals surface area contributed by atoms with Gasteiger partial charge >= 0.3 is 0 Å². The fourth-order valence-electron chi connectivity index (χ4n) is 2.42. The van der Waals surface area contributed by atoms with E-state index in [4.69, 9.17) is 0 Å². The Morgan fingerprint density at radius 1 is 1.33 bits per heavy atom. The third-order valence-corrected chi connectivity index (χ3v) is 4.45. The molecule has 1 aromatic rings. The molecule has 1 saturated carbocycles. The number of anilines is 1. The average Bonchev–Trinajstić information content (AvgIpc) is 2.64. The quantitative estimate of drug-likeness (QED) is 0.737. The number of halogens is 2. The predicted octanol–water partition coefficient (Wildman–Crippen LogP) is 2.77. The van der Waals surface area contributed by atoms with E-state index in [9.17, 15) is 8.78 Å². The molecule has 3 rings (SSSR count). The van der Waals surface area contributed by atoms with E-state index in [0.29, 0.717) is 12.8 Å². The Labute approximate surface area is 90.9 Å². The van der Waals surface area contributed by atoms with Crippen molar-refractivity contribution in [3.63, 3.8) is 0 Å². The number of aromatic nitrogens is 1. The molecule has 2 fully saturated rings. The van der Waals surface area contributed by atoms with Crippen molar-refractivity contribution in [2.45, 2.75) is 25.2 Å². The van der Waals surface area contributed by atoms with Crippen molar-refractivity contribution in [3.8, 4) is 0 Å². The molecular formula is C10H12F2N2S. The first kappa shape index (κ1) is 9.51. The van der Waals surface area contributed by atoms with Crippen molar-refractivity contribution in [3.05, 3.63) is 11.6 Å². The van der Waals surface area contributed by atoms with Gasteiger partial charge in [0, 0.05) is 36.5 Å². The fourth-order valence-corrected chi connectivity index (χ4v) is 3.12. The van der Waals surface area contributed by atoms with Gasteiger partial charge in [0.25, 0.3) is 5.92 Å². The highest BCUT2D eigenvalue weighted by Crippen LogP contribution is 2.65. The van der Waals surface area contributed by atoms with Crippen LogP contribution < -0.4 is 4.90 Å². The molecule has 2 nitrogen and oxygen atoms in total. The van der Waals surface area contributed by atoms with Gasteiger partial charge in [-0.2, -0.15) is 0 Å². The van der Waals surface area contributed by atoms with Crippen LogP contribution in [0.1, 0.15) is 19.3 Å². The smallest absolute Gasteiger partial charge is 0.254 e. The lowest BCUT2D eigenvalue weighted by Gasteiger charge is -2.31.